The lowest BCUT2D eigenvalue weighted by atomic mass is 9.87. The van der Waals surface area contributed by atoms with Gasteiger partial charge in [0.25, 0.3) is 0 Å². The molecule has 0 radical (unpaired) electrons. The third kappa shape index (κ3) is 3.92. The Morgan fingerprint density at radius 2 is 1.41 bits per heavy atom. The van der Waals surface area contributed by atoms with Gasteiger partial charge in [-0.15, -0.1) is 0 Å². The normalized spacial score (nSPS) is 19.7. The van der Waals surface area contributed by atoms with E-state index in [1.807, 2.05) is 0 Å². The molecule has 27 heavy (non-hydrogen) atoms. The van der Waals surface area contributed by atoms with Crippen molar-refractivity contribution in [3.8, 4) is 0 Å². The van der Waals surface area contributed by atoms with Crippen molar-refractivity contribution < 1.29 is 4.79 Å². The van der Waals surface area contributed by atoms with E-state index in [1.165, 1.54) is 11.1 Å². The van der Waals surface area contributed by atoms with E-state index in [4.69, 9.17) is 0 Å². The molecule has 1 N–H and O–H groups in total. The quantitative estimate of drug-likeness (QED) is 0.887. The highest BCUT2D eigenvalue weighted by Gasteiger charge is 2.34. The standard InChI is InChI=1S/C23H29N3O/c1-18(21-16-24-17-21)23(27)26-14-12-25(13-15-26)22(19-8-4-2-5-9-19)20-10-6-3-7-11-20/h2-11,18,21-22,24H,12-17H2,1H3. The van der Waals surface area contributed by atoms with E-state index >= 15 is 0 Å². The first-order chi connectivity index (χ1) is 13.2. The van der Waals surface area contributed by atoms with Crippen molar-refractivity contribution in [1.82, 2.24) is 15.1 Å². The Labute approximate surface area is 162 Å². The van der Waals surface area contributed by atoms with Crippen LogP contribution in [0.2, 0.25) is 0 Å². The van der Waals surface area contributed by atoms with Crippen LogP contribution >= 0.6 is 0 Å². The zero-order chi connectivity index (χ0) is 18.6. The maximum Gasteiger partial charge on any atom is 0.225 e. The molecular weight excluding hydrogens is 334 g/mol. The van der Waals surface area contributed by atoms with Crippen LogP contribution in [-0.4, -0.2) is 55.0 Å². The maximum atomic E-state index is 12.8. The Morgan fingerprint density at radius 1 is 0.889 bits per heavy atom. The van der Waals surface area contributed by atoms with Crippen LogP contribution < -0.4 is 5.32 Å². The van der Waals surface area contributed by atoms with Crippen molar-refractivity contribution in [2.45, 2.75) is 13.0 Å². The van der Waals surface area contributed by atoms with Crippen molar-refractivity contribution in [2.24, 2.45) is 11.8 Å². The number of benzene rings is 2. The van der Waals surface area contributed by atoms with E-state index in [0.29, 0.717) is 11.8 Å². The summed E-state index contributed by atoms with van der Waals surface area (Å²) in [6, 6.07) is 21.7. The van der Waals surface area contributed by atoms with Crippen molar-refractivity contribution >= 4 is 5.91 Å². The summed E-state index contributed by atoms with van der Waals surface area (Å²) in [6.45, 7) is 7.52. The fourth-order valence-corrected chi connectivity index (χ4v) is 4.24. The van der Waals surface area contributed by atoms with E-state index in [0.717, 1.165) is 39.3 Å². The van der Waals surface area contributed by atoms with Gasteiger partial charge in [0.05, 0.1) is 6.04 Å². The van der Waals surface area contributed by atoms with Gasteiger partial charge in [-0.05, 0) is 30.1 Å². The van der Waals surface area contributed by atoms with Crippen LogP contribution in [0.15, 0.2) is 60.7 Å². The van der Waals surface area contributed by atoms with Crippen LogP contribution in [0.25, 0.3) is 0 Å². The Bertz CT molecular complexity index is 697. The summed E-state index contributed by atoms with van der Waals surface area (Å²) in [7, 11) is 0. The Hall–Kier alpha value is -2.17. The molecule has 2 aliphatic heterocycles. The molecule has 2 saturated heterocycles. The van der Waals surface area contributed by atoms with Gasteiger partial charge in [0, 0.05) is 32.1 Å². The molecule has 2 aromatic rings. The maximum absolute atomic E-state index is 12.8. The molecule has 4 nitrogen and oxygen atoms in total. The highest BCUT2D eigenvalue weighted by atomic mass is 16.2. The van der Waals surface area contributed by atoms with Crippen LogP contribution in [0.4, 0.5) is 0 Å². The first kappa shape index (κ1) is 18.2. The molecule has 142 valence electrons. The van der Waals surface area contributed by atoms with Crippen LogP contribution in [0, 0.1) is 11.8 Å². The van der Waals surface area contributed by atoms with E-state index in [1.54, 1.807) is 0 Å². The number of nitrogens with zero attached hydrogens (tertiary/aromatic N) is 2. The molecule has 2 heterocycles. The van der Waals surface area contributed by atoms with Crippen LogP contribution in [-0.2, 0) is 4.79 Å². The number of nitrogens with one attached hydrogen (secondary N) is 1. The lowest BCUT2D eigenvalue weighted by molar-refractivity contribution is -0.139. The average molecular weight is 364 g/mol. The van der Waals surface area contributed by atoms with Gasteiger partial charge in [0.15, 0.2) is 0 Å². The zero-order valence-corrected chi connectivity index (χ0v) is 16.1. The van der Waals surface area contributed by atoms with Crippen molar-refractivity contribution in [1.29, 1.82) is 0 Å². The van der Waals surface area contributed by atoms with Gasteiger partial charge < -0.3 is 10.2 Å². The largest absolute Gasteiger partial charge is 0.340 e. The Balaban J connectivity index is 1.46. The molecule has 2 aromatic carbocycles. The molecule has 0 aromatic heterocycles. The second-order valence-corrected chi connectivity index (χ2v) is 7.79. The highest BCUT2D eigenvalue weighted by molar-refractivity contribution is 5.79. The number of piperazine rings is 1. The summed E-state index contributed by atoms with van der Waals surface area (Å²) in [5.41, 5.74) is 2.63. The number of amides is 1. The highest BCUT2D eigenvalue weighted by Crippen LogP contribution is 2.30. The monoisotopic (exact) mass is 363 g/mol. The van der Waals surface area contributed by atoms with Crippen molar-refractivity contribution in [3.05, 3.63) is 71.8 Å². The first-order valence-corrected chi connectivity index (χ1v) is 10.1. The number of hydrogen-bond donors (Lipinski definition) is 1. The summed E-state index contributed by atoms with van der Waals surface area (Å²) < 4.78 is 0. The van der Waals surface area contributed by atoms with Crippen LogP contribution in [0.3, 0.4) is 0 Å². The number of carbonyl (C=O) groups is 1. The van der Waals surface area contributed by atoms with Gasteiger partial charge in [-0.1, -0.05) is 67.6 Å². The Kier molecular flexibility index (Phi) is 5.55. The average Bonchev–Trinajstić information content (AvgIpc) is 2.68. The van der Waals surface area contributed by atoms with Gasteiger partial charge in [-0.2, -0.15) is 0 Å². The van der Waals surface area contributed by atoms with Gasteiger partial charge in [-0.3, -0.25) is 9.69 Å². The van der Waals surface area contributed by atoms with E-state index in [-0.39, 0.29) is 12.0 Å². The molecule has 0 saturated carbocycles. The summed E-state index contributed by atoms with van der Waals surface area (Å²) in [5.74, 6) is 0.978. The summed E-state index contributed by atoms with van der Waals surface area (Å²) in [4.78, 5) is 17.4. The molecule has 4 heteroatoms. The predicted molar refractivity (Wildman–Crippen MR) is 108 cm³/mol. The molecule has 2 aliphatic rings. The minimum Gasteiger partial charge on any atom is -0.340 e. The molecule has 1 amide bonds. The van der Waals surface area contributed by atoms with E-state index in [2.05, 4.69) is 82.7 Å². The smallest absolute Gasteiger partial charge is 0.225 e. The van der Waals surface area contributed by atoms with Gasteiger partial charge in [-0.25, -0.2) is 0 Å². The Morgan fingerprint density at radius 3 is 1.85 bits per heavy atom. The molecule has 0 bridgehead atoms. The third-order valence-corrected chi connectivity index (χ3v) is 6.13. The fourth-order valence-electron chi connectivity index (χ4n) is 4.24. The lowest BCUT2D eigenvalue weighted by Gasteiger charge is -2.42. The number of hydrogen-bond acceptors (Lipinski definition) is 3. The van der Waals surface area contributed by atoms with Crippen LogP contribution in [0.1, 0.15) is 24.1 Å². The van der Waals surface area contributed by atoms with E-state index in [9.17, 15) is 4.79 Å². The molecule has 0 spiro atoms. The molecule has 4 rings (SSSR count). The molecule has 1 atom stereocenters. The van der Waals surface area contributed by atoms with Gasteiger partial charge in [0.1, 0.15) is 0 Å². The van der Waals surface area contributed by atoms with Gasteiger partial charge >= 0.3 is 0 Å². The van der Waals surface area contributed by atoms with Crippen molar-refractivity contribution in [2.75, 3.05) is 39.3 Å². The summed E-state index contributed by atoms with van der Waals surface area (Å²) in [5, 5.41) is 3.28. The zero-order valence-electron chi connectivity index (χ0n) is 16.1. The predicted octanol–water partition coefficient (Wildman–Crippen LogP) is 2.78. The first-order valence-electron chi connectivity index (χ1n) is 10.1. The third-order valence-electron chi connectivity index (χ3n) is 6.13. The van der Waals surface area contributed by atoms with Gasteiger partial charge in [0.2, 0.25) is 5.91 Å². The molecular formula is C23H29N3O. The topological polar surface area (TPSA) is 35.6 Å². The second kappa shape index (κ2) is 8.24. The van der Waals surface area contributed by atoms with E-state index < -0.39 is 0 Å². The SMILES string of the molecule is CC(C(=O)N1CCN(C(c2ccccc2)c2ccccc2)CC1)C1CNC1. The molecule has 2 fully saturated rings. The fraction of sp³-hybridized carbons (Fsp3) is 0.435. The minimum absolute atomic E-state index is 0.136. The second-order valence-electron chi connectivity index (χ2n) is 7.79. The lowest BCUT2D eigenvalue weighted by Crippen LogP contribution is -2.54. The minimum atomic E-state index is 0.136. The number of rotatable bonds is 5. The van der Waals surface area contributed by atoms with Crippen LogP contribution in [0.5, 0.6) is 0 Å². The number of carbonyl (C=O) groups excluding carboxylic acids is 1. The molecule has 0 aliphatic carbocycles. The van der Waals surface area contributed by atoms with Crippen molar-refractivity contribution in [3.63, 3.8) is 0 Å². The summed E-state index contributed by atoms with van der Waals surface area (Å²) in [6.07, 6.45) is 0. The summed E-state index contributed by atoms with van der Waals surface area (Å²) >= 11 is 0. The molecule has 1 unspecified atom stereocenters.